The van der Waals surface area contributed by atoms with Gasteiger partial charge in [0.1, 0.15) is 6.61 Å². The minimum absolute atomic E-state index is 0.778. The number of nitrogens with zero attached hydrogens (tertiary/aromatic N) is 2. The van der Waals surface area contributed by atoms with E-state index in [1.165, 1.54) is 22.9 Å². The molecule has 3 heteroatoms. The third-order valence-electron chi connectivity index (χ3n) is 3.45. The maximum absolute atomic E-state index is 4.65. The summed E-state index contributed by atoms with van der Waals surface area (Å²) in [6.45, 7) is 1.62. The van der Waals surface area contributed by atoms with Crippen molar-refractivity contribution in [3.05, 3.63) is 78.5 Å². The van der Waals surface area contributed by atoms with Crippen LogP contribution in [-0.4, -0.2) is 19.6 Å². The van der Waals surface area contributed by atoms with Gasteiger partial charge in [-0.3, -0.25) is 4.99 Å². The lowest BCUT2D eigenvalue weighted by Gasteiger charge is -1.95. The summed E-state index contributed by atoms with van der Waals surface area (Å²) in [7, 11) is 0. The molecule has 2 aromatic carbocycles. The van der Waals surface area contributed by atoms with Crippen LogP contribution in [0.2, 0.25) is 0 Å². The van der Waals surface area contributed by atoms with Gasteiger partial charge in [0.25, 0.3) is 0 Å². The van der Waals surface area contributed by atoms with E-state index in [9.17, 15) is 0 Å². The monoisotopic (exact) mass is 303 g/mol. The van der Waals surface area contributed by atoms with Crippen LogP contribution in [0.1, 0.15) is 5.56 Å². The second-order valence-corrected chi connectivity index (χ2v) is 5.08. The third-order valence-corrected chi connectivity index (χ3v) is 3.45. The van der Waals surface area contributed by atoms with Crippen molar-refractivity contribution in [2.75, 3.05) is 13.2 Å². The lowest BCUT2D eigenvalue weighted by Crippen LogP contribution is -2.25. The number of benzene rings is 2. The van der Waals surface area contributed by atoms with Gasteiger partial charge in [-0.15, -0.1) is 0 Å². The molecule has 0 saturated carbocycles. The minimum atomic E-state index is 0.778. The molecule has 1 aliphatic rings. The van der Waals surface area contributed by atoms with E-state index < -0.39 is 0 Å². The van der Waals surface area contributed by atoms with Crippen LogP contribution >= 0.6 is 0 Å². The van der Waals surface area contributed by atoms with Crippen LogP contribution in [0.4, 0.5) is 0 Å². The van der Waals surface area contributed by atoms with E-state index in [1.54, 1.807) is 0 Å². The summed E-state index contributed by atoms with van der Waals surface area (Å²) in [6, 6.07) is 22.9. The number of hydrogen-bond acceptors (Lipinski definition) is 2. The molecule has 0 aliphatic carbocycles. The number of ether oxygens (including phenoxy) is 1. The topological polar surface area (TPSA) is 25.5 Å². The first kappa shape index (κ1) is 15.0. The van der Waals surface area contributed by atoms with Gasteiger partial charge < -0.3 is 4.74 Å². The lowest BCUT2D eigenvalue weighted by atomic mass is 10.2. The van der Waals surface area contributed by atoms with Gasteiger partial charge in [0, 0.05) is 23.6 Å². The van der Waals surface area contributed by atoms with Crippen LogP contribution in [0.3, 0.4) is 0 Å². The molecule has 0 spiro atoms. The van der Waals surface area contributed by atoms with Gasteiger partial charge in [0.05, 0.1) is 6.54 Å². The van der Waals surface area contributed by atoms with E-state index in [2.05, 4.69) is 81.3 Å². The van der Waals surface area contributed by atoms with Crippen molar-refractivity contribution < 1.29 is 9.30 Å². The van der Waals surface area contributed by atoms with Gasteiger partial charge in [-0.25, -0.2) is 0 Å². The summed E-state index contributed by atoms with van der Waals surface area (Å²) in [6.07, 6.45) is 7.77. The zero-order valence-electron chi connectivity index (χ0n) is 12.9. The first-order valence-corrected chi connectivity index (χ1v) is 7.65. The van der Waals surface area contributed by atoms with E-state index in [0.29, 0.717) is 0 Å². The maximum atomic E-state index is 4.65. The highest BCUT2D eigenvalue weighted by Gasteiger charge is 2.03. The second kappa shape index (κ2) is 7.90. The Morgan fingerprint density at radius 2 is 1.70 bits per heavy atom. The predicted octanol–water partition coefficient (Wildman–Crippen LogP) is 3.80. The van der Waals surface area contributed by atoms with E-state index in [-0.39, 0.29) is 0 Å². The molecule has 3 aromatic rings. The molecule has 0 saturated heterocycles. The molecule has 3 nitrogen and oxygen atoms in total. The van der Waals surface area contributed by atoms with Gasteiger partial charge in [-0.05, 0) is 17.7 Å². The van der Waals surface area contributed by atoms with Gasteiger partial charge in [0.15, 0.2) is 18.8 Å². The summed E-state index contributed by atoms with van der Waals surface area (Å²) < 4.78 is 6.79. The molecule has 0 bridgehead atoms. The highest BCUT2D eigenvalue weighted by atomic mass is 16.5. The highest BCUT2D eigenvalue weighted by molar-refractivity contribution is 5.76. The molecule has 0 atom stereocenters. The summed E-state index contributed by atoms with van der Waals surface area (Å²) >= 11 is 0. The van der Waals surface area contributed by atoms with Crippen LogP contribution in [0.15, 0.2) is 77.9 Å². The summed E-state index contributed by atoms with van der Waals surface area (Å²) in [5.41, 5.74) is 2.42. The van der Waals surface area contributed by atoms with Crippen molar-refractivity contribution in [3.63, 3.8) is 0 Å². The fraction of sp³-hybridized carbons (Fsp3) is 0.100. The van der Waals surface area contributed by atoms with E-state index in [1.807, 2.05) is 18.2 Å². The van der Waals surface area contributed by atoms with Crippen molar-refractivity contribution in [1.82, 2.24) is 0 Å². The Hall–Kier alpha value is -2.94. The van der Waals surface area contributed by atoms with Crippen molar-refractivity contribution in [3.8, 4) is 0 Å². The standard InChI is InChI=1S/C17H14N.C3H5NO/c1-2-7-15(8-3-1)12-14-18-13-6-10-16-9-4-5-11-17(16)18;1-2-5-3-4-1/h1-14H;3H,1-2H2/q+1;. The molecule has 4 rings (SSSR count). The smallest absolute Gasteiger partial charge is 0.217 e. The number of hydrogen-bond donors (Lipinski definition) is 0. The minimum Gasteiger partial charge on any atom is -0.482 e. The predicted molar refractivity (Wildman–Crippen MR) is 95.1 cm³/mol. The molecular formula is C20H19N2O+. The average molecular weight is 303 g/mol. The molecule has 1 aliphatic heterocycles. The SMILES string of the molecule is C(=C[n+]1cccc2ccccc21)c1ccccc1.C1=NCCO1. The molecule has 23 heavy (non-hydrogen) atoms. The Labute approximate surface area is 136 Å². The van der Waals surface area contributed by atoms with Crippen LogP contribution in [0.5, 0.6) is 0 Å². The summed E-state index contributed by atoms with van der Waals surface area (Å²) in [4.78, 5) is 3.74. The first-order chi connectivity index (χ1) is 11.4. The molecule has 0 N–H and O–H groups in total. The first-order valence-electron chi connectivity index (χ1n) is 7.65. The zero-order valence-corrected chi connectivity index (χ0v) is 12.9. The van der Waals surface area contributed by atoms with Gasteiger partial charge in [-0.2, -0.15) is 4.57 Å². The zero-order chi connectivity index (χ0) is 15.7. The normalized spacial score (nSPS) is 12.9. The molecule has 1 aromatic heterocycles. The number of para-hydroxylation sites is 1. The Balaban J connectivity index is 0.000000267. The number of fused-ring (bicyclic) bond motifs is 1. The quantitative estimate of drug-likeness (QED) is 0.661. The number of aliphatic imine (C=N–C) groups is 1. The third kappa shape index (κ3) is 4.27. The molecule has 2 heterocycles. The molecular weight excluding hydrogens is 284 g/mol. The van der Waals surface area contributed by atoms with Gasteiger partial charge in [0.2, 0.25) is 5.52 Å². The lowest BCUT2D eigenvalue weighted by molar-refractivity contribution is -0.538. The van der Waals surface area contributed by atoms with Crippen molar-refractivity contribution in [2.45, 2.75) is 0 Å². The molecule has 0 fully saturated rings. The van der Waals surface area contributed by atoms with Crippen LogP contribution in [0, 0.1) is 0 Å². The Bertz CT molecular complexity index is 799. The summed E-state index contributed by atoms with van der Waals surface area (Å²) in [5.74, 6) is 0. The van der Waals surface area contributed by atoms with Gasteiger partial charge in [-0.1, -0.05) is 42.5 Å². The number of aromatic nitrogens is 1. The molecule has 0 amide bonds. The Kier molecular flexibility index (Phi) is 5.14. The largest absolute Gasteiger partial charge is 0.482 e. The van der Waals surface area contributed by atoms with E-state index in [0.717, 1.165) is 13.2 Å². The van der Waals surface area contributed by atoms with Crippen LogP contribution in [0.25, 0.3) is 23.2 Å². The molecule has 114 valence electrons. The summed E-state index contributed by atoms with van der Waals surface area (Å²) in [5, 5.41) is 1.25. The fourth-order valence-electron chi connectivity index (χ4n) is 2.31. The highest BCUT2D eigenvalue weighted by Crippen LogP contribution is 2.08. The second-order valence-electron chi connectivity index (χ2n) is 5.08. The van der Waals surface area contributed by atoms with Gasteiger partial charge >= 0.3 is 0 Å². The molecule has 0 radical (unpaired) electrons. The fourth-order valence-corrected chi connectivity index (χ4v) is 2.31. The van der Waals surface area contributed by atoms with Crippen molar-refractivity contribution in [1.29, 1.82) is 0 Å². The molecule has 0 unspecified atom stereocenters. The van der Waals surface area contributed by atoms with Crippen LogP contribution in [-0.2, 0) is 4.74 Å². The van der Waals surface area contributed by atoms with Crippen LogP contribution < -0.4 is 4.57 Å². The Morgan fingerprint density at radius 3 is 2.43 bits per heavy atom. The average Bonchev–Trinajstić information content (AvgIpc) is 3.21. The van der Waals surface area contributed by atoms with Crippen molar-refractivity contribution >= 4 is 29.6 Å². The van der Waals surface area contributed by atoms with E-state index in [4.69, 9.17) is 0 Å². The number of pyridine rings is 1. The Morgan fingerprint density at radius 1 is 0.913 bits per heavy atom. The van der Waals surface area contributed by atoms with Crippen molar-refractivity contribution in [2.24, 2.45) is 4.99 Å². The maximum Gasteiger partial charge on any atom is 0.217 e. The van der Waals surface area contributed by atoms with E-state index >= 15 is 0 Å². The number of rotatable bonds is 2.